The molecular formula is C22H32O5. The molecule has 0 N–H and O–H groups in total. The highest BCUT2D eigenvalue weighted by atomic mass is 16.6. The molecule has 1 aliphatic carbocycles. The maximum atomic E-state index is 12.1. The van der Waals surface area contributed by atoms with Crippen molar-refractivity contribution in [1.82, 2.24) is 0 Å². The van der Waals surface area contributed by atoms with Gasteiger partial charge in [0.2, 0.25) is 0 Å². The third kappa shape index (κ3) is 6.89. The van der Waals surface area contributed by atoms with Gasteiger partial charge in [0.15, 0.2) is 13.2 Å². The smallest absolute Gasteiger partial charge is 0.344 e. The van der Waals surface area contributed by atoms with E-state index in [0.29, 0.717) is 23.5 Å². The number of ether oxygens (including phenoxy) is 3. The number of rotatable bonds is 7. The van der Waals surface area contributed by atoms with Gasteiger partial charge in [0.1, 0.15) is 11.9 Å². The van der Waals surface area contributed by atoms with Gasteiger partial charge in [0.05, 0.1) is 0 Å². The fourth-order valence-electron chi connectivity index (χ4n) is 3.79. The average molecular weight is 376 g/mol. The van der Waals surface area contributed by atoms with Crippen LogP contribution in [0.3, 0.4) is 0 Å². The van der Waals surface area contributed by atoms with Gasteiger partial charge in [-0.1, -0.05) is 33.3 Å². The van der Waals surface area contributed by atoms with Gasteiger partial charge in [-0.3, -0.25) is 0 Å². The number of benzene rings is 1. The first-order valence-electron chi connectivity index (χ1n) is 9.80. The van der Waals surface area contributed by atoms with Gasteiger partial charge in [0.25, 0.3) is 0 Å². The minimum Gasteiger partial charge on any atom is -0.482 e. The zero-order chi connectivity index (χ0) is 20.0. The molecule has 5 nitrogen and oxygen atoms in total. The summed E-state index contributed by atoms with van der Waals surface area (Å²) < 4.78 is 16.1. The van der Waals surface area contributed by atoms with E-state index in [-0.39, 0.29) is 19.3 Å². The van der Waals surface area contributed by atoms with Crippen LogP contribution in [0, 0.1) is 31.6 Å². The Hall–Kier alpha value is -2.04. The third-order valence-corrected chi connectivity index (χ3v) is 5.15. The molecule has 0 amide bonds. The molecule has 5 heteroatoms. The van der Waals surface area contributed by atoms with E-state index in [1.807, 2.05) is 32.0 Å². The molecule has 2 rings (SSSR count). The molecule has 0 spiro atoms. The fraction of sp³-hybridized carbons (Fsp3) is 0.636. The predicted octanol–water partition coefficient (Wildman–Crippen LogP) is 4.23. The molecule has 0 radical (unpaired) electrons. The Morgan fingerprint density at radius 1 is 1.04 bits per heavy atom. The van der Waals surface area contributed by atoms with Crippen LogP contribution in [0.25, 0.3) is 0 Å². The van der Waals surface area contributed by atoms with Crippen molar-refractivity contribution in [2.24, 2.45) is 17.8 Å². The number of carbonyl (C=O) groups excluding carboxylic acids is 2. The first-order chi connectivity index (χ1) is 12.7. The molecule has 27 heavy (non-hydrogen) atoms. The van der Waals surface area contributed by atoms with Crippen LogP contribution in [0.15, 0.2) is 18.2 Å². The molecule has 1 saturated carbocycles. The second-order valence-corrected chi connectivity index (χ2v) is 8.13. The Morgan fingerprint density at radius 2 is 1.70 bits per heavy atom. The predicted molar refractivity (Wildman–Crippen MR) is 104 cm³/mol. The lowest BCUT2D eigenvalue weighted by Crippen LogP contribution is -2.37. The van der Waals surface area contributed by atoms with Crippen LogP contribution < -0.4 is 4.74 Å². The van der Waals surface area contributed by atoms with Crippen molar-refractivity contribution in [3.05, 3.63) is 29.3 Å². The van der Waals surface area contributed by atoms with E-state index in [4.69, 9.17) is 14.2 Å². The first kappa shape index (κ1) is 21.3. The van der Waals surface area contributed by atoms with Crippen molar-refractivity contribution in [2.75, 3.05) is 13.2 Å². The van der Waals surface area contributed by atoms with E-state index >= 15 is 0 Å². The average Bonchev–Trinajstić information content (AvgIpc) is 2.57. The highest BCUT2D eigenvalue weighted by Gasteiger charge is 2.33. The Morgan fingerprint density at radius 3 is 2.33 bits per heavy atom. The number of esters is 2. The van der Waals surface area contributed by atoms with Crippen molar-refractivity contribution in [3.63, 3.8) is 0 Å². The summed E-state index contributed by atoms with van der Waals surface area (Å²) >= 11 is 0. The Balaban J connectivity index is 1.76. The summed E-state index contributed by atoms with van der Waals surface area (Å²) in [5.74, 6) is 0.926. The van der Waals surface area contributed by atoms with Crippen LogP contribution in [0.5, 0.6) is 5.75 Å². The van der Waals surface area contributed by atoms with Crippen molar-refractivity contribution >= 4 is 11.9 Å². The standard InChI is InChI=1S/C22H32O5/c1-14(2)19-7-6-15(3)11-20(19)27-22(24)13-26-21(23)12-25-18-9-16(4)8-17(5)10-18/h8-10,14-15,19-20H,6-7,11-13H2,1-5H3/t15-,19+,20-/m1/s1. The van der Waals surface area contributed by atoms with Crippen molar-refractivity contribution in [1.29, 1.82) is 0 Å². The van der Waals surface area contributed by atoms with Gasteiger partial charge in [0, 0.05) is 0 Å². The summed E-state index contributed by atoms with van der Waals surface area (Å²) in [4.78, 5) is 24.0. The monoisotopic (exact) mass is 376 g/mol. The number of hydrogen-bond acceptors (Lipinski definition) is 5. The Kier molecular flexibility index (Phi) is 7.69. The van der Waals surface area contributed by atoms with Crippen molar-refractivity contribution in [3.8, 4) is 5.75 Å². The zero-order valence-electron chi connectivity index (χ0n) is 17.1. The minimum absolute atomic E-state index is 0.0912. The summed E-state index contributed by atoms with van der Waals surface area (Å²) in [5.41, 5.74) is 2.12. The first-order valence-corrected chi connectivity index (χ1v) is 9.80. The minimum atomic E-state index is -0.580. The molecule has 0 aliphatic heterocycles. The van der Waals surface area contributed by atoms with Gasteiger partial charge >= 0.3 is 11.9 Å². The Bertz CT molecular complexity index is 632. The summed E-state index contributed by atoms with van der Waals surface area (Å²) in [6.45, 7) is 9.82. The molecule has 0 unspecified atom stereocenters. The zero-order valence-corrected chi connectivity index (χ0v) is 17.1. The molecule has 0 aromatic heterocycles. The van der Waals surface area contributed by atoms with Gasteiger partial charge in [-0.25, -0.2) is 9.59 Å². The van der Waals surface area contributed by atoms with Crippen LogP contribution in [0.2, 0.25) is 0 Å². The third-order valence-electron chi connectivity index (χ3n) is 5.15. The second kappa shape index (κ2) is 9.77. The van der Waals surface area contributed by atoms with E-state index < -0.39 is 11.9 Å². The highest BCUT2D eigenvalue weighted by molar-refractivity contribution is 5.77. The molecule has 3 atom stereocenters. The number of hydrogen-bond donors (Lipinski definition) is 0. The lowest BCUT2D eigenvalue weighted by Gasteiger charge is -2.36. The maximum absolute atomic E-state index is 12.1. The maximum Gasteiger partial charge on any atom is 0.344 e. The molecular weight excluding hydrogens is 344 g/mol. The van der Waals surface area contributed by atoms with Crippen molar-refractivity contribution in [2.45, 2.75) is 60.0 Å². The number of aryl methyl sites for hydroxylation is 2. The van der Waals surface area contributed by atoms with E-state index in [1.165, 1.54) is 6.42 Å². The van der Waals surface area contributed by atoms with E-state index in [0.717, 1.165) is 24.0 Å². The van der Waals surface area contributed by atoms with Gasteiger partial charge < -0.3 is 14.2 Å². The lowest BCUT2D eigenvalue weighted by atomic mass is 9.75. The highest BCUT2D eigenvalue weighted by Crippen LogP contribution is 2.35. The quantitative estimate of drug-likeness (QED) is 0.667. The lowest BCUT2D eigenvalue weighted by molar-refractivity contribution is -0.167. The molecule has 0 saturated heterocycles. The van der Waals surface area contributed by atoms with E-state index in [9.17, 15) is 9.59 Å². The van der Waals surface area contributed by atoms with E-state index in [2.05, 4.69) is 20.8 Å². The summed E-state index contributed by atoms with van der Waals surface area (Å²) in [7, 11) is 0. The fourth-order valence-corrected chi connectivity index (χ4v) is 3.79. The van der Waals surface area contributed by atoms with Crippen LogP contribution >= 0.6 is 0 Å². The largest absolute Gasteiger partial charge is 0.482 e. The van der Waals surface area contributed by atoms with Crippen LogP contribution in [-0.2, 0) is 19.1 Å². The van der Waals surface area contributed by atoms with Gasteiger partial charge in [-0.15, -0.1) is 0 Å². The molecule has 1 fully saturated rings. The normalized spacial score (nSPS) is 22.4. The van der Waals surface area contributed by atoms with Crippen molar-refractivity contribution < 1.29 is 23.8 Å². The van der Waals surface area contributed by atoms with Crippen LogP contribution in [0.4, 0.5) is 0 Å². The Labute approximate surface area is 162 Å². The van der Waals surface area contributed by atoms with E-state index in [1.54, 1.807) is 0 Å². The summed E-state index contributed by atoms with van der Waals surface area (Å²) in [6.07, 6.45) is 3.02. The SMILES string of the molecule is Cc1cc(C)cc(OCC(=O)OCC(=O)O[C@@H]2C[C@H](C)CC[C@H]2C(C)C)c1. The van der Waals surface area contributed by atoms with Crippen LogP contribution in [-0.4, -0.2) is 31.3 Å². The topological polar surface area (TPSA) is 61.8 Å². The van der Waals surface area contributed by atoms with Crippen LogP contribution in [0.1, 0.15) is 51.2 Å². The summed E-state index contributed by atoms with van der Waals surface area (Å²) in [6, 6.07) is 5.73. The second-order valence-electron chi connectivity index (χ2n) is 8.13. The molecule has 150 valence electrons. The molecule has 1 aromatic carbocycles. The van der Waals surface area contributed by atoms with Gasteiger partial charge in [-0.05, 0) is 67.7 Å². The molecule has 1 aliphatic rings. The summed E-state index contributed by atoms with van der Waals surface area (Å²) in [5, 5.41) is 0. The molecule has 0 bridgehead atoms. The molecule has 1 aromatic rings. The molecule has 0 heterocycles. The number of carbonyl (C=O) groups is 2. The van der Waals surface area contributed by atoms with Gasteiger partial charge in [-0.2, -0.15) is 0 Å².